The molecule has 0 bridgehead atoms. The molecule has 3 heterocycles. The van der Waals surface area contributed by atoms with Gasteiger partial charge in [0.15, 0.2) is 0 Å². The SMILES string of the molecule is CCCOc1ccc(C([O-])=C2C(=O)C(=O)N(CCC[NH+]3CCOCC3)C2c2cccs2)cc1. The minimum Gasteiger partial charge on any atom is -0.872 e. The van der Waals surface area contributed by atoms with Crippen LogP contribution >= 0.6 is 11.3 Å². The van der Waals surface area contributed by atoms with E-state index in [2.05, 4.69) is 0 Å². The van der Waals surface area contributed by atoms with E-state index in [0.29, 0.717) is 24.5 Å². The lowest BCUT2D eigenvalue weighted by Crippen LogP contribution is -3.14. The van der Waals surface area contributed by atoms with E-state index < -0.39 is 23.5 Å². The Bertz CT molecular complexity index is 981. The number of hydrogen-bond acceptors (Lipinski definition) is 6. The van der Waals surface area contributed by atoms with Gasteiger partial charge < -0.3 is 24.4 Å². The number of benzene rings is 1. The van der Waals surface area contributed by atoms with E-state index in [-0.39, 0.29) is 5.57 Å². The summed E-state index contributed by atoms with van der Waals surface area (Å²) in [7, 11) is 0. The molecule has 1 unspecified atom stereocenters. The number of nitrogens with zero attached hydrogens (tertiary/aromatic N) is 1. The molecule has 0 spiro atoms. The van der Waals surface area contributed by atoms with Gasteiger partial charge in [0, 0.05) is 23.4 Å². The highest BCUT2D eigenvalue weighted by Gasteiger charge is 2.44. The second kappa shape index (κ2) is 11.0. The zero-order chi connectivity index (χ0) is 23.2. The number of nitrogens with one attached hydrogen (secondary N) is 1. The Hall–Kier alpha value is -2.68. The maximum absolute atomic E-state index is 13.4. The molecule has 1 amide bonds. The van der Waals surface area contributed by atoms with Gasteiger partial charge in [0.2, 0.25) is 5.78 Å². The van der Waals surface area contributed by atoms with Crippen LogP contribution < -0.4 is 14.7 Å². The molecule has 2 aliphatic rings. The molecule has 176 valence electrons. The molecule has 1 atom stereocenters. The maximum Gasteiger partial charge on any atom is 0.295 e. The first-order valence-corrected chi connectivity index (χ1v) is 12.4. The summed E-state index contributed by atoms with van der Waals surface area (Å²) in [6, 6.07) is 9.92. The molecule has 8 heteroatoms. The molecule has 4 rings (SSSR count). The number of morpholine rings is 1. The molecule has 1 N–H and O–H groups in total. The molecule has 2 saturated heterocycles. The Morgan fingerprint density at radius 2 is 1.97 bits per heavy atom. The van der Waals surface area contributed by atoms with E-state index in [1.807, 2.05) is 24.4 Å². The van der Waals surface area contributed by atoms with Crippen molar-refractivity contribution in [2.45, 2.75) is 25.8 Å². The molecule has 33 heavy (non-hydrogen) atoms. The lowest BCUT2D eigenvalue weighted by molar-refractivity contribution is -0.908. The van der Waals surface area contributed by atoms with Crippen LogP contribution in [0.15, 0.2) is 47.4 Å². The highest BCUT2D eigenvalue weighted by atomic mass is 32.1. The number of likely N-dealkylation sites (tertiary alicyclic amines) is 1. The van der Waals surface area contributed by atoms with E-state index in [4.69, 9.17) is 9.47 Å². The van der Waals surface area contributed by atoms with Crippen molar-refractivity contribution in [1.29, 1.82) is 0 Å². The lowest BCUT2D eigenvalue weighted by Gasteiger charge is -2.28. The van der Waals surface area contributed by atoms with Crippen LogP contribution in [0.2, 0.25) is 0 Å². The van der Waals surface area contributed by atoms with Crippen molar-refractivity contribution in [3.8, 4) is 5.75 Å². The largest absolute Gasteiger partial charge is 0.872 e. The first-order valence-electron chi connectivity index (χ1n) is 11.5. The van der Waals surface area contributed by atoms with Gasteiger partial charge in [-0.2, -0.15) is 0 Å². The number of Topliss-reactive ketones (excluding diaryl/α,β-unsaturated/α-hetero) is 1. The molecular weight excluding hydrogens is 440 g/mol. The third kappa shape index (κ3) is 5.29. The summed E-state index contributed by atoms with van der Waals surface area (Å²) in [4.78, 5) is 29.8. The number of quaternary nitrogens is 1. The van der Waals surface area contributed by atoms with Crippen molar-refractivity contribution in [2.24, 2.45) is 0 Å². The maximum atomic E-state index is 13.4. The predicted molar refractivity (Wildman–Crippen MR) is 124 cm³/mol. The van der Waals surface area contributed by atoms with Crippen LogP contribution in [0.4, 0.5) is 0 Å². The van der Waals surface area contributed by atoms with Gasteiger partial charge in [0.05, 0.1) is 32.4 Å². The Morgan fingerprint density at radius 3 is 2.64 bits per heavy atom. The van der Waals surface area contributed by atoms with Crippen LogP contribution in [-0.4, -0.2) is 62.6 Å². The van der Waals surface area contributed by atoms with Gasteiger partial charge in [-0.1, -0.05) is 30.9 Å². The van der Waals surface area contributed by atoms with Gasteiger partial charge in [0.25, 0.3) is 5.91 Å². The Morgan fingerprint density at radius 1 is 1.21 bits per heavy atom. The molecular formula is C25H30N2O5S. The second-order valence-corrected chi connectivity index (χ2v) is 9.31. The summed E-state index contributed by atoms with van der Waals surface area (Å²) in [5, 5.41) is 15.3. The van der Waals surface area contributed by atoms with Gasteiger partial charge in [-0.05, 0) is 35.6 Å². The fourth-order valence-corrected chi connectivity index (χ4v) is 5.18. The number of rotatable bonds is 9. The van der Waals surface area contributed by atoms with Crippen molar-refractivity contribution < 1.29 is 29.1 Å². The molecule has 1 aromatic carbocycles. The summed E-state index contributed by atoms with van der Waals surface area (Å²) < 4.78 is 11.0. The quantitative estimate of drug-likeness (QED) is 0.337. The van der Waals surface area contributed by atoms with Crippen LogP contribution in [0.5, 0.6) is 5.75 Å². The van der Waals surface area contributed by atoms with E-state index >= 15 is 0 Å². The van der Waals surface area contributed by atoms with Crippen LogP contribution in [-0.2, 0) is 14.3 Å². The summed E-state index contributed by atoms with van der Waals surface area (Å²) in [5.74, 6) is -0.996. The zero-order valence-corrected chi connectivity index (χ0v) is 19.7. The van der Waals surface area contributed by atoms with Gasteiger partial charge >= 0.3 is 0 Å². The van der Waals surface area contributed by atoms with E-state index in [0.717, 1.165) is 50.6 Å². The Kier molecular flexibility index (Phi) is 7.80. The van der Waals surface area contributed by atoms with Crippen molar-refractivity contribution in [2.75, 3.05) is 46.0 Å². The topological polar surface area (TPSA) is 83.3 Å². The highest BCUT2D eigenvalue weighted by molar-refractivity contribution is 7.10. The number of carbonyl (C=O) groups is 2. The molecule has 2 aliphatic heterocycles. The summed E-state index contributed by atoms with van der Waals surface area (Å²) in [6.45, 7) is 7.38. The van der Waals surface area contributed by atoms with Gasteiger partial charge in [-0.25, -0.2) is 0 Å². The lowest BCUT2D eigenvalue weighted by atomic mass is 10.00. The molecule has 0 saturated carbocycles. The van der Waals surface area contributed by atoms with Crippen molar-refractivity contribution in [3.63, 3.8) is 0 Å². The summed E-state index contributed by atoms with van der Waals surface area (Å²) in [5.41, 5.74) is 0.430. The second-order valence-electron chi connectivity index (χ2n) is 8.33. The monoisotopic (exact) mass is 470 g/mol. The van der Waals surface area contributed by atoms with E-state index in [1.165, 1.54) is 16.2 Å². The number of ketones is 1. The minimum absolute atomic E-state index is 0.0448. The molecule has 7 nitrogen and oxygen atoms in total. The van der Waals surface area contributed by atoms with E-state index in [9.17, 15) is 14.7 Å². The van der Waals surface area contributed by atoms with Crippen LogP contribution in [0.1, 0.15) is 36.2 Å². The highest BCUT2D eigenvalue weighted by Crippen LogP contribution is 2.40. The Balaban J connectivity index is 1.58. The number of hydrogen-bond donors (Lipinski definition) is 1. The van der Waals surface area contributed by atoms with Crippen molar-refractivity contribution in [1.82, 2.24) is 4.90 Å². The molecule has 0 aliphatic carbocycles. The minimum atomic E-state index is -0.691. The fraction of sp³-hybridized carbons (Fsp3) is 0.440. The molecule has 0 radical (unpaired) electrons. The fourth-order valence-electron chi connectivity index (χ4n) is 4.33. The van der Waals surface area contributed by atoms with Gasteiger partial charge in [0.1, 0.15) is 18.8 Å². The van der Waals surface area contributed by atoms with E-state index in [1.54, 1.807) is 29.2 Å². The number of carbonyl (C=O) groups excluding carboxylic acids is 2. The first kappa shape index (κ1) is 23.5. The molecule has 1 aromatic heterocycles. The number of amides is 1. The standard InChI is InChI=1S/C25H30N2O5S/c1-2-14-32-19-8-6-18(7-9-19)23(28)21-22(20-5-3-17-33-20)27(25(30)24(21)29)11-4-10-26-12-15-31-16-13-26/h3,5-9,17,22,28H,2,4,10-16H2,1H3. The van der Waals surface area contributed by atoms with Crippen LogP contribution in [0, 0.1) is 0 Å². The third-order valence-electron chi connectivity index (χ3n) is 6.06. The average molecular weight is 471 g/mol. The third-order valence-corrected chi connectivity index (χ3v) is 6.99. The Labute approximate surface area is 198 Å². The number of thiophene rings is 1. The normalized spacial score (nSPS) is 21.0. The summed E-state index contributed by atoms with van der Waals surface area (Å²) in [6.07, 6.45) is 1.65. The molecule has 2 aromatic rings. The van der Waals surface area contributed by atoms with Crippen molar-refractivity contribution >= 4 is 28.8 Å². The molecule has 2 fully saturated rings. The first-order chi connectivity index (χ1) is 16.1. The zero-order valence-electron chi connectivity index (χ0n) is 18.9. The number of ether oxygens (including phenoxy) is 2. The van der Waals surface area contributed by atoms with Gasteiger partial charge in [-0.3, -0.25) is 9.59 Å². The smallest absolute Gasteiger partial charge is 0.295 e. The van der Waals surface area contributed by atoms with Crippen LogP contribution in [0.3, 0.4) is 0 Å². The average Bonchev–Trinajstić information content (AvgIpc) is 3.46. The summed E-state index contributed by atoms with van der Waals surface area (Å²) >= 11 is 1.46. The van der Waals surface area contributed by atoms with Crippen molar-refractivity contribution in [3.05, 3.63) is 57.8 Å². The predicted octanol–water partition coefficient (Wildman–Crippen LogP) is 1.07. The van der Waals surface area contributed by atoms with Crippen LogP contribution in [0.25, 0.3) is 5.76 Å². The van der Waals surface area contributed by atoms with Gasteiger partial charge in [-0.15, -0.1) is 11.3 Å².